The van der Waals surface area contributed by atoms with Crippen LogP contribution in [-0.2, 0) is 4.74 Å². The Balaban J connectivity index is 1.49. The Hall–Kier alpha value is -0.760. The fourth-order valence-electron chi connectivity index (χ4n) is 9.05. The fourth-order valence-corrected chi connectivity index (χ4v) is 9.17. The Bertz CT molecular complexity index is 784. The summed E-state index contributed by atoms with van der Waals surface area (Å²) in [6, 6.07) is 0. The number of carbonyl (C=O) groups is 1. The first-order chi connectivity index (χ1) is 15.6. The molecule has 0 heterocycles. The van der Waals surface area contributed by atoms with E-state index in [4.69, 9.17) is 16.3 Å². The lowest BCUT2D eigenvalue weighted by molar-refractivity contribution is -0.0541. The van der Waals surface area contributed by atoms with Gasteiger partial charge in [0.25, 0.3) is 0 Å². The lowest BCUT2D eigenvalue weighted by Crippen LogP contribution is -2.51. The van der Waals surface area contributed by atoms with Crippen LogP contribution < -0.4 is 0 Å². The molecule has 4 aliphatic rings. The third-order valence-corrected chi connectivity index (χ3v) is 11.1. The summed E-state index contributed by atoms with van der Waals surface area (Å²) >= 11 is 5.52. The molecule has 3 heteroatoms. The zero-order chi connectivity index (χ0) is 24.0. The van der Waals surface area contributed by atoms with E-state index >= 15 is 0 Å². The van der Waals surface area contributed by atoms with Gasteiger partial charge in [-0.25, -0.2) is 4.79 Å². The molecule has 0 unspecified atom stereocenters. The maximum Gasteiger partial charge on any atom is 0.404 e. The molecule has 186 valence electrons. The quantitative estimate of drug-likeness (QED) is 0.283. The van der Waals surface area contributed by atoms with Crippen molar-refractivity contribution in [2.24, 2.45) is 52.3 Å². The van der Waals surface area contributed by atoms with Crippen LogP contribution in [0.4, 0.5) is 4.79 Å². The standard InChI is InChI=1S/C30H47ClO2/c1-7-21(19(2)3)9-8-20(4)25-12-13-26-24-11-10-22-18-23(33-28(31)32)14-16-29(22,5)27(24)15-17-30(25,26)6/h8-10,19-21,23-27H,7,11-18H2,1-6H3/b9-8+/t20-,21-,23+,24+,25-,26+,27+,29+,30-/m1/s1. The molecule has 0 N–H and O–H groups in total. The van der Waals surface area contributed by atoms with Crippen LogP contribution in [0.2, 0.25) is 0 Å². The molecule has 0 aliphatic heterocycles. The molecule has 0 aromatic rings. The molecule has 0 radical (unpaired) electrons. The molecule has 3 saturated carbocycles. The van der Waals surface area contributed by atoms with Crippen molar-refractivity contribution in [1.29, 1.82) is 0 Å². The predicted molar refractivity (Wildman–Crippen MR) is 138 cm³/mol. The number of carbonyl (C=O) groups excluding carboxylic acids is 1. The van der Waals surface area contributed by atoms with E-state index in [-0.39, 0.29) is 11.5 Å². The Morgan fingerprint density at radius 3 is 2.55 bits per heavy atom. The Kier molecular flexibility index (Phi) is 7.46. The molecule has 4 aliphatic carbocycles. The van der Waals surface area contributed by atoms with Gasteiger partial charge in [0, 0.05) is 18.0 Å². The molecular formula is C30H47ClO2. The second-order valence-corrected chi connectivity index (χ2v) is 13.1. The fraction of sp³-hybridized carbons (Fsp3) is 0.833. The highest BCUT2D eigenvalue weighted by Gasteiger charge is 2.59. The highest BCUT2D eigenvalue weighted by atomic mass is 35.5. The van der Waals surface area contributed by atoms with E-state index < -0.39 is 5.43 Å². The van der Waals surface area contributed by atoms with Crippen LogP contribution in [0, 0.1) is 52.3 Å². The Labute approximate surface area is 207 Å². The van der Waals surface area contributed by atoms with Crippen LogP contribution in [0.5, 0.6) is 0 Å². The molecular weight excluding hydrogens is 428 g/mol. The van der Waals surface area contributed by atoms with Crippen molar-refractivity contribution in [1.82, 2.24) is 0 Å². The highest BCUT2D eigenvalue weighted by molar-refractivity contribution is 6.61. The van der Waals surface area contributed by atoms with Gasteiger partial charge in [-0.3, -0.25) is 0 Å². The summed E-state index contributed by atoms with van der Waals surface area (Å²) in [5.74, 6) is 5.41. The van der Waals surface area contributed by atoms with Gasteiger partial charge < -0.3 is 4.74 Å². The molecule has 0 spiro atoms. The summed E-state index contributed by atoms with van der Waals surface area (Å²) in [4.78, 5) is 11.3. The second-order valence-electron chi connectivity index (χ2n) is 12.8. The van der Waals surface area contributed by atoms with Crippen molar-refractivity contribution in [3.8, 4) is 0 Å². The van der Waals surface area contributed by atoms with Gasteiger partial charge in [0.2, 0.25) is 0 Å². The molecule has 33 heavy (non-hydrogen) atoms. The lowest BCUT2D eigenvalue weighted by atomic mass is 9.47. The molecule has 0 aromatic carbocycles. The topological polar surface area (TPSA) is 26.3 Å². The minimum atomic E-state index is -0.648. The number of ether oxygens (including phenoxy) is 1. The van der Waals surface area contributed by atoms with E-state index in [1.165, 1.54) is 38.5 Å². The molecule has 0 aromatic heterocycles. The largest absolute Gasteiger partial charge is 0.450 e. The number of hydrogen-bond acceptors (Lipinski definition) is 2. The minimum Gasteiger partial charge on any atom is -0.450 e. The number of fused-ring (bicyclic) bond motifs is 5. The first kappa shape index (κ1) is 25.3. The van der Waals surface area contributed by atoms with Crippen molar-refractivity contribution in [3.05, 3.63) is 23.8 Å². The maximum atomic E-state index is 11.3. The third-order valence-electron chi connectivity index (χ3n) is 11.0. The van der Waals surface area contributed by atoms with Gasteiger partial charge in [-0.05, 0) is 104 Å². The molecule has 9 atom stereocenters. The van der Waals surface area contributed by atoms with E-state index in [9.17, 15) is 4.79 Å². The van der Waals surface area contributed by atoms with Crippen LogP contribution >= 0.6 is 11.6 Å². The van der Waals surface area contributed by atoms with Gasteiger partial charge in [-0.1, -0.05) is 65.3 Å². The summed E-state index contributed by atoms with van der Waals surface area (Å²) in [6.45, 7) is 14.7. The van der Waals surface area contributed by atoms with Crippen LogP contribution in [0.25, 0.3) is 0 Å². The number of allylic oxidation sites excluding steroid dienone is 3. The highest BCUT2D eigenvalue weighted by Crippen LogP contribution is 2.67. The van der Waals surface area contributed by atoms with Crippen molar-refractivity contribution in [2.75, 3.05) is 0 Å². The van der Waals surface area contributed by atoms with Crippen molar-refractivity contribution < 1.29 is 9.53 Å². The van der Waals surface area contributed by atoms with Crippen molar-refractivity contribution >= 4 is 17.0 Å². The third kappa shape index (κ3) is 4.60. The van der Waals surface area contributed by atoms with Crippen molar-refractivity contribution in [2.45, 2.75) is 105 Å². The van der Waals surface area contributed by atoms with Gasteiger partial charge in [-0.15, -0.1) is 0 Å². The zero-order valence-corrected chi connectivity index (χ0v) is 22.7. The zero-order valence-electron chi connectivity index (χ0n) is 21.9. The summed E-state index contributed by atoms with van der Waals surface area (Å²) in [5.41, 5.74) is 1.67. The van der Waals surface area contributed by atoms with E-state index in [2.05, 4.69) is 59.8 Å². The monoisotopic (exact) mass is 474 g/mol. The second kappa shape index (κ2) is 9.71. The summed E-state index contributed by atoms with van der Waals surface area (Å²) in [7, 11) is 0. The van der Waals surface area contributed by atoms with E-state index in [1.807, 2.05) is 0 Å². The van der Waals surface area contributed by atoms with E-state index in [0.29, 0.717) is 17.3 Å². The van der Waals surface area contributed by atoms with Gasteiger partial charge in [-0.2, -0.15) is 0 Å². The van der Waals surface area contributed by atoms with E-state index in [1.54, 1.807) is 5.57 Å². The molecule has 0 amide bonds. The smallest absolute Gasteiger partial charge is 0.404 e. The number of rotatable bonds is 6. The van der Waals surface area contributed by atoms with Crippen molar-refractivity contribution in [3.63, 3.8) is 0 Å². The van der Waals surface area contributed by atoms with Gasteiger partial charge in [0.15, 0.2) is 0 Å². The summed E-state index contributed by atoms with van der Waals surface area (Å²) in [6.07, 6.45) is 18.6. The molecule has 4 rings (SSSR count). The average Bonchev–Trinajstić information content (AvgIpc) is 3.11. The lowest BCUT2D eigenvalue weighted by Gasteiger charge is -2.58. The normalized spacial score (nSPS) is 42.3. The average molecular weight is 475 g/mol. The van der Waals surface area contributed by atoms with Crippen LogP contribution in [0.1, 0.15) is 99.3 Å². The Morgan fingerprint density at radius 1 is 1.12 bits per heavy atom. The molecule has 0 bridgehead atoms. The molecule has 3 fully saturated rings. The number of halogens is 1. The maximum absolute atomic E-state index is 11.3. The van der Waals surface area contributed by atoms with Gasteiger partial charge in [0.05, 0.1) is 0 Å². The van der Waals surface area contributed by atoms with E-state index in [0.717, 1.165) is 48.9 Å². The van der Waals surface area contributed by atoms with Gasteiger partial charge in [0.1, 0.15) is 6.10 Å². The SMILES string of the molecule is CC[C@H](/C=C/[C@@H](C)[C@H]1CC[C@H]2[C@@H]3CC=C4C[C@@H](OC(=O)Cl)CC[C@]4(C)[C@H]3CC[C@]12C)C(C)C. The van der Waals surface area contributed by atoms with Crippen LogP contribution in [-0.4, -0.2) is 11.5 Å². The first-order valence-electron chi connectivity index (χ1n) is 13.8. The molecule has 2 nitrogen and oxygen atoms in total. The first-order valence-corrected chi connectivity index (χ1v) is 14.2. The van der Waals surface area contributed by atoms with Gasteiger partial charge >= 0.3 is 5.43 Å². The van der Waals surface area contributed by atoms with Crippen LogP contribution in [0.15, 0.2) is 23.8 Å². The predicted octanol–water partition coefficient (Wildman–Crippen LogP) is 9.18. The number of hydrogen-bond donors (Lipinski definition) is 0. The Morgan fingerprint density at radius 2 is 1.88 bits per heavy atom. The summed E-state index contributed by atoms with van der Waals surface area (Å²) < 4.78 is 5.39. The minimum absolute atomic E-state index is 0.0268. The molecule has 0 saturated heterocycles. The summed E-state index contributed by atoms with van der Waals surface area (Å²) in [5, 5.41) is 0. The van der Waals surface area contributed by atoms with Crippen LogP contribution in [0.3, 0.4) is 0 Å².